The molecular formula is C11H12Br2O3. The summed E-state index contributed by atoms with van der Waals surface area (Å²) in [4.78, 5) is 11.1. The predicted molar refractivity (Wildman–Crippen MR) is 68.9 cm³/mol. The van der Waals surface area contributed by atoms with Crippen LogP contribution in [0.25, 0.3) is 0 Å². The maximum Gasteiger partial charge on any atom is 0.344 e. The fourth-order valence-electron chi connectivity index (χ4n) is 1.07. The summed E-state index contributed by atoms with van der Waals surface area (Å²) in [7, 11) is 0. The van der Waals surface area contributed by atoms with Crippen LogP contribution in [-0.2, 0) is 14.9 Å². The number of alkyl halides is 1. The molecule has 0 atom stereocenters. The molecule has 0 amide bonds. The number of benzene rings is 1. The van der Waals surface area contributed by atoms with Gasteiger partial charge in [0.2, 0.25) is 0 Å². The maximum absolute atomic E-state index is 11.1. The van der Waals surface area contributed by atoms with Gasteiger partial charge in [-0.25, -0.2) is 4.79 Å². The van der Waals surface area contributed by atoms with Crippen molar-refractivity contribution in [2.45, 2.75) is 12.3 Å². The van der Waals surface area contributed by atoms with Gasteiger partial charge >= 0.3 is 5.97 Å². The van der Waals surface area contributed by atoms with Gasteiger partial charge in [-0.05, 0) is 24.6 Å². The van der Waals surface area contributed by atoms with E-state index in [9.17, 15) is 4.79 Å². The van der Waals surface area contributed by atoms with E-state index in [4.69, 9.17) is 9.47 Å². The highest BCUT2D eigenvalue weighted by atomic mass is 79.9. The Kier molecular flexibility index (Phi) is 5.84. The number of halogens is 2. The molecule has 0 saturated carbocycles. The first-order valence-electron chi connectivity index (χ1n) is 4.80. The van der Waals surface area contributed by atoms with Crippen LogP contribution in [0.2, 0.25) is 0 Å². The van der Waals surface area contributed by atoms with Gasteiger partial charge in [0.05, 0.1) is 6.61 Å². The molecule has 0 spiro atoms. The van der Waals surface area contributed by atoms with Crippen molar-refractivity contribution in [2.75, 3.05) is 13.2 Å². The van der Waals surface area contributed by atoms with E-state index in [1.54, 1.807) is 6.92 Å². The third kappa shape index (κ3) is 4.14. The quantitative estimate of drug-likeness (QED) is 0.603. The molecule has 0 radical (unpaired) electrons. The highest BCUT2D eigenvalue weighted by Gasteiger charge is 2.05. The van der Waals surface area contributed by atoms with Gasteiger partial charge < -0.3 is 9.47 Å². The summed E-state index contributed by atoms with van der Waals surface area (Å²) < 4.78 is 11.0. The number of carbonyl (C=O) groups is 1. The van der Waals surface area contributed by atoms with Crippen molar-refractivity contribution in [3.63, 3.8) is 0 Å². The van der Waals surface area contributed by atoms with E-state index >= 15 is 0 Å². The number of hydrogen-bond donors (Lipinski definition) is 0. The Morgan fingerprint density at radius 3 is 2.75 bits per heavy atom. The van der Waals surface area contributed by atoms with Crippen molar-refractivity contribution in [3.05, 3.63) is 28.2 Å². The van der Waals surface area contributed by atoms with Crippen LogP contribution in [0.15, 0.2) is 22.7 Å². The summed E-state index contributed by atoms with van der Waals surface area (Å²) in [6, 6.07) is 5.58. The monoisotopic (exact) mass is 350 g/mol. The highest BCUT2D eigenvalue weighted by Crippen LogP contribution is 2.24. The minimum absolute atomic E-state index is 0.0616. The fraction of sp³-hybridized carbons (Fsp3) is 0.364. The van der Waals surface area contributed by atoms with Gasteiger partial charge in [-0.1, -0.05) is 37.9 Å². The van der Waals surface area contributed by atoms with E-state index < -0.39 is 0 Å². The summed E-state index contributed by atoms with van der Waals surface area (Å²) in [5, 5.41) is 0.770. The molecule has 0 saturated heterocycles. The van der Waals surface area contributed by atoms with E-state index in [1.807, 2.05) is 18.2 Å². The molecule has 0 heterocycles. The lowest BCUT2D eigenvalue weighted by Gasteiger charge is -2.07. The molecule has 0 aliphatic rings. The number of esters is 1. The number of carbonyl (C=O) groups excluding carboxylic acids is 1. The lowest BCUT2D eigenvalue weighted by Crippen LogP contribution is -2.14. The Hall–Kier alpha value is -0.550. The molecule has 5 heteroatoms. The van der Waals surface area contributed by atoms with Crippen LogP contribution in [-0.4, -0.2) is 19.2 Å². The smallest absolute Gasteiger partial charge is 0.344 e. The Balaban J connectivity index is 2.55. The van der Waals surface area contributed by atoms with E-state index in [0.717, 1.165) is 15.4 Å². The minimum atomic E-state index is -0.358. The molecular weight excluding hydrogens is 340 g/mol. The van der Waals surface area contributed by atoms with Crippen LogP contribution in [0, 0.1) is 0 Å². The van der Waals surface area contributed by atoms with Gasteiger partial charge in [-0.15, -0.1) is 0 Å². The SMILES string of the molecule is CCOC(=O)COc1ccc(CBr)c(Br)c1. The first-order chi connectivity index (χ1) is 7.67. The van der Waals surface area contributed by atoms with E-state index in [0.29, 0.717) is 12.4 Å². The first-order valence-corrected chi connectivity index (χ1v) is 6.71. The Labute approximate surface area is 111 Å². The molecule has 1 aromatic carbocycles. The minimum Gasteiger partial charge on any atom is -0.482 e. The van der Waals surface area contributed by atoms with Crippen molar-refractivity contribution in [3.8, 4) is 5.75 Å². The standard InChI is InChI=1S/C11H12Br2O3/c1-2-15-11(14)7-16-9-4-3-8(6-12)10(13)5-9/h3-5H,2,6-7H2,1H3. The van der Waals surface area contributed by atoms with Gasteiger partial charge in [0.15, 0.2) is 6.61 Å². The van der Waals surface area contributed by atoms with Gasteiger partial charge in [-0.3, -0.25) is 0 Å². The Morgan fingerprint density at radius 1 is 1.44 bits per heavy atom. The number of ether oxygens (including phenoxy) is 2. The summed E-state index contributed by atoms with van der Waals surface area (Å²) in [6.07, 6.45) is 0. The van der Waals surface area contributed by atoms with Crippen LogP contribution in [0.1, 0.15) is 12.5 Å². The summed E-state index contributed by atoms with van der Waals surface area (Å²) in [5.41, 5.74) is 1.13. The largest absolute Gasteiger partial charge is 0.482 e. The second-order valence-electron chi connectivity index (χ2n) is 2.98. The normalized spacial score (nSPS) is 9.94. The second kappa shape index (κ2) is 6.91. The zero-order valence-electron chi connectivity index (χ0n) is 8.83. The average Bonchev–Trinajstić information content (AvgIpc) is 2.27. The van der Waals surface area contributed by atoms with E-state index in [2.05, 4.69) is 31.9 Å². The lowest BCUT2D eigenvalue weighted by atomic mass is 10.2. The summed E-state index contributed by atoms with van der Waals surface area (Å²) in [6.45, 7) is 2.07. The molecule has 0 N–H and O–H groups in total. The molecule has 0 aliphatic heterocycles. The van der Waals surface area contributed by atoms with Crippen LogP contribution >= 0.6 is 31.9 Å². The van der Waals surface area contributed by atoms with Gasteiger partial charge in [0.25, 0.3) is 0 Å². The average molecular weight is 352 g/mol. The molecule has 88 valence electrons. The van der Waals surface area contributed by atoms with Crippen LogP contribution in [0.5, 0.6) is 5.75 Å². The molecule has 0 fully saturated rings. The second-order valence-corrected chi connectivity index (χ2v) is 4.40. The summed E-state index contributed by atoms with van der Waals surface area (Å²) >= 11 is 6.79. The Morgan fingerprint density at radius 2 is 2.19 bits per heavy atom. The van der Waals surface area contributed by atoms with Crippen LogP contribution in [0.3, 0.4) is 0 Å². The van der Waals surface area contributed by atoms with Gasteiger partial charge in [0, 0.05) is 9.80 Å². The van der Waals surface area contributed by atoms with E-state index in [-0.39, 0.29) is 12.6 Å². The number of rotatable bonds is 5. The van der Waals surface area contributed by atoms with Gasteiger partial charge in [0.1, 0.15) is 5.75 Å². The number of hydrogen-bond acceptors (Lipinski definition) is 3. The van der Waals surface area contributed by atoms with E-state index in [1.165, 1.54) is 0 Å². The van der Waals surface area contributed by atoms with Crippen molar-refractivity contribution in [1.82, 2.24) is 0 Å². The molecule has 1 rings (SSSR count). The fourth-order valence-corrected chi connectivity index (χ4v) is 2.43. The van der Waals surface area contributed by atoms with Crippen molar-refractivity contribution >= 4 is 37.8 Å². The first kappa shape index (κ1) is 13.5. The lowest BCUT2D eigenvalue weighted by molar-refractivity contribution is -0.145. The zero-order valence-corrected chi connectivity index (χ0v) is 12.0. The molecule has 1 aromatic rings. The molecule has 3 nitrogen and oxygen atoms in total. The molecule has 0 bridgehead atoms. The summed E-state index contributed by atoms with van der Waals surface area (Å²) in [5.74, 6) is 0.285. The maximum atomic E-state index is 11.1. The molecule has 0 unspecified atom stereocenters. The third-order valence-electron chi connectivity index (χ3n) is 1.83. The highest BCUT2D eigenvalue weighted by molar-refractivity contribution is 9.10. The third-order valence-corrected chi connectivity index (χ3v) is 3.17. The zero-order chi connectivity index (χ0) is 12.0. The molecule has 16 heavy (non-hydrogen) atoms. The predicted octanol–water partition coefficient (Wildman–Crippen LogP) is 3.29. The van der Waals surface area contributed by atoms with Gasteiger partial charge in [-0.2, -0.15) is 0 Å². The van der Waals surface area contributed by atoms with Crippen molar-refractivity contribution in [1.29, 1.82) is 0 Å². The van der Waals surface area contributed by atoms with Crippen molar-refractivity contribution < 1.29 is 14.3 Å². The topological polar surface area (TPSA) is 35.5 Å². The van der Waals surface area contributed by atoms with Crippen LogP contribution < -0.4 is 4.74 Å². The molecule has 0 aromatic heterocycles. The van der Waals surface area contributed by atoms with Crippen LogP contribution in [0.4, 0.5) is 0 Å². The van der Waals surface area contributed by atoms with Crippen molar-refractivity contribution in [2.24, 2.45) is 0 Å². The Bertz CT molecular complexity index is 366. The molecule has 0 aliphatic carbocycles.